The molecule has 0 fully saturated rings. The first-order chi connectivity index (χ1) is 0. The molecule has 0 spiro atoms. The predicted octanol–water partition coefficient (Wildman–Crippen LogP) is -2.28. The molecule has 7 heteroatoms. The van der Waals surface area contributed by atoms with Gasteiger partial charge in [-0.2, -0.15) is 0 Å². The molecule has 0 saturated heterocycles. The Bertz CT molecular complexity index is 16.0. The second-order valence-corrected chi connectivity index (χ2v) is 0. The van der Waals surface area contributed by atoms with Gasteiger partial charge in [0.1, 0.15) is 0 Å². The predicted molar refractivity (Wildman–Crippen MR) is 11.1 cm³/mol. The minimum atomic E-state index is 0. The van der Waals surface area contributed by atoms with Gasteiger partial charge in [-0.3, -0.25) is 18.8 Å². The van der Waals surface area contributed by atoms with Crippen molar-refractivity contribution in [2.75, 3.05) is 0 Å². The van der Waals surface area contributed by atoms with Crippen molar-refractivity contribution in [1.29, 1.82) is 0 Å². The fraction of sp³-hybridized carbons (Fsp3) is 0. The van der Waals surface area contributed by atoms with Crippen molar-refractivity contribution in [3.63, 3.8) is 0 Å². The van der Waals surface area contributed by atoms with Gasteiger partial charge in [0.2, 0.25) is 0 Å². The van der Waals surface area contributed by atoms with Gasteiger partial charge in [0.05, 0.1) is 0 Å². The molecule has 0 amide bonds. The molecule has 0 heterocycles. The van der Waals surface area contributed by atoms with Gasteiger partial charge in [-0.05, 0) is 0 Å². The maximum absolute atomic E-state index is 0. The van der Waals surface area contributed by atoms with Crippen LogP contribution in [0, 0.1) is 40.8 Å². The third kappa shape index (κ3) is 52.4. The van der Waals surface area contributed by atoms with Crippen LogP contribution in [0.5, 0.6) is 0 Å². The molecule has 0 N–H and O–H groups in total. The molecule has 0 bridgehead atoms. The van der Waals surface area contributed by atoms with Crippen LogP contribution in [0.25, 0.3) is 0 Å². The van der Waals surface area contributed by atoms with E-state index in [1.807, 2.05) is 0 Å². The Kier molecular flexibility index (Phi) is 964. The van der Waals surface area contributed by atoms with E-state index in [9.17, 15) is 0 Å². The van der Waals surface area contributed by atoms with E-state index in [4.69, 9.17) is 0 Å². The fourth-order valence-corrected chi connectivity index (χ4v) is 0. The van der Waals surface area contributed by atoms with Crippen LogP contribution in [-0.2, 0) is 32.7 Å². The minimum Gasteiger partial charge on any atom is -1.00 e. The molecule has 1 radical (unpaired) electrons. The van der Waals surface area contributed by atoms with E-state index < -0.39 is 0 Å². The van der Waals surface area contributed by atoms with Crippen molar-refractivity contribution >= 4 is 0 Å². The van der Waals surface area contributed by atoms with Crippen molar-refractivity contribution in [3.05, 3.63) is 0 Å². The van der Waals surface area contributed by atoms with Gasteiger partial charge in [-0.25, -0.2) is 0 Å². The average molecular weight is 321 g/mol. The Morgan fingerprint density at radius 3 is 0.714 bits per heavy atom. The molecular formula is H5F4LiNdY. The van der Waals surface area contributed by atoms with Crippen molar-refractivity contribution in [1.82, 2.24) is 0 Å². The average Bonchev–Trinajstić information content (AvgIpc) is 0. The number of hydrogen-bond donors (Lipinski definition) is 0. The van der Waals surface area contributed by atoms with Crippen molar-refractivity contribution in [2.24, 2.45) is 0 Å². The Morgan fingerprint density at radius 2 is 0.714 bits per heavy atom. The molecule has 0 nitrogen and oxygen atoms in total. The van der Waals surface area contributed by atoms with E-state index in [1.54, 1.807) is 0 Å². The summed E-state index contributed by atoms with van der Waals surface area (Å²) in [7, 11) is 0. The summed E-state index contributed by atoms with van der Waals surface area (Å²) in [5.74, 6) is 0. The maximum Gasteiger partial charge on any atom is 1.00 e. The van der Waals surface area contributed by atoms with Gasteiger partial charge in [0, 0.05) is 73.5 Å². The summed E-state index contributed by atoms with van der Waals surface area (Å²) >= 11 is 0. The van der Waals surface area contributed by atoms with Gasteiger partial charge in [-0.15, -0.1) is 0 Å². The minimum absolute atomic E-state index is 0. The first kappa shape index (κ1) is 97.9. The third-order valence-corrected chi connectivity index (χ3v) is 0. The number of hydrogen-bond acceptors (Lipinski definition) is 0. The van der Waals surface area contributed by atoms with Crippen LogP contribution in [0.1, 0.15) is 1.43 Å². The van der Waals surface area contributed by atoms with Crippen LogP contribution in [0.4, 0.5) is 18.8 Å². The van der Waals surface area contributed by atoms with E-state index in [0.717, 1.165) is 0 Å². The Hall–Kier alpha value is 2.77. The summed E-state index contributed by atoms with van der Waals surface area (Å²) < 4.78 is 0. The zero-order chi connectivity index (χ0) is 0. The Labute approximate surface area is 110 Å². The zero-order valence-electron chi connectivity index (χ0n) is 4.71. The molecule has 0 aromatic heterocycles. The summed E-state index contributed by atoms with van der Waals surface area (Å²) in [5, 5.41) is 0. The molecule has 0 aliphatic rings. The van der Waals surface area contributed by atoms with E-state index in [1.165, 1.54) is 0 Å². The van der Waals surface area contributed by atoms with Crippen molar-refractivity contribution in [2.45, 2.75) is 0 Å². The summed E-state index contributed by atoms with van der Waals surface area (Å²) in [6.45, 7) is 0. The van der Waals surface area contributed by atoms with Crippen LogP contribution in [0.2, 0.25) is 0 Å². The normalized spacial score (nSPS) is 0. The molecule has 0 rings (SSSR count). The van der Waals surface area contributed by atoms with E-state index in [0.29, 0.717) is 0 Å². The van der Waals surface area contributed by atoms with Gasteiger partial charge in [-0.1, -0.05) is 0 Å². The zero-order valence-corrected chi connectivity index (χ0v) is 9.76. The maximum atomic E-state index is 0. The van der Waals surface area contributed by atoms with Crippen LogP contribution in [-0.4, -0.2) is 0 Å². The van der Waals surface area contributed by atoms with Crippen molar-refractivity contribution in [3.8, 4) is 0 Å². The van der Waals surface area contributed by atoms with Gasteiger partial charge in [0.15, 0.2) is 0 Å². The van der Waals surface area contributed by atoms with Crippen LogP contribution < -0.4 is 18.9 Å². The molecule has 0 unspecified atom stereocenters. The second-order valence-electron chi connectivity index (χ2n) is 0. The topological polar surface area (TPSA) is 0 Å². The molecule has 0 atom stereocenters. The monoisotopic (exact) mass is 319 g/mol. The van der Waals surface area contributed by atoms with Crippen LogP contribution >= 0.6 is 0 Å². The van der Waals surface area contributed by atoms with Crippen LogP contribution in [0.15, 0.2) is 0 Å². The second kappa shape index (κ2) is 69.0. The Morgan fingerprint density at radius 1 is 0.714 bits per heavy atom. The molecule has 0 aliphatic carbocycles. The third-order valence-electron chi connectivity index (χ3n) is 0. The molecule has 0 aromatic rings. The molecule has 7 heavy (non-hydrogen) atoms. The smallest absolute Gasteiger partial charge is 1.00 e. The molecule has 0 aromatic carbocycles. The summed E-state index contributed by atoms with van der Waals surface area (Å²) in [4.78, 5) is 0. The molecule has 0 saturated carbocycles. The van der Waals surface area contributed by atoms with E-state index in [2.05, 4.69) is 0 Å². The standard InChI is InChI=1S/4FH.Li.Nd.Y.H/h4*1H;;;;/q;;;;+1;;;-1. The number of rotatable bonds is 0. The molecule has 0 aliphatic heterocycles. The van der Waals surface area contributed by atoms with Gasteiger partial charge in [0.25, 0.3) is 0 Å². The van der Waals surface area contributed by atoms with E-state index in [-0.39, 0.29) is 113 Å². The molecule has 41 valence electrons. The number of halogens is 4. The summed E-state index contributed by atoms with van der Waals surface area (Å²) in [5.41, 5.74) is 0. The first-order valence-electron chi connectivity index (χ1n) is 0. The van der Waals surface area contributed by atoms with Gasteiger partial charge < -0.3 is 1.43 Å². The summed E-state index contributed by atoms with van der Waals surface area (Å²) in [6.07, 6.45) is 0. The van der Waals surface area contributed by atoms with Crippen LogP contribution in [0.3, 0.4) is 0 Å². The molecular weight excluding hydrogens is 316 g/mol. The fourth-order valence-electron chi connectivity index (χ4n) is 0. The van der Waals surface area contributed by atoms with Crippen molar-refractivity contribution < 1.29 is 113 Å². The van der Waals surface area contributed by atoms with E-state index >= 15 is 0 Å². The Balaban J connectivity index is 0. The first-order valence-corrected chi connectivity index (χ1v) is 0. The quantitative estimate of drug-likeness (QED) is 0.349. The van der Waals surface area contributed by atoms with Gasteiger partial charge >= 0.3 is 18.9 Å². The largest absolute Gasteiger partial charge is 1.00 e. The SMILES string of the molecule is F.F.F.F.[H-].[Li+].[Nd].[Y]. The summed E-state index contributed by atoms with van der Waals surface area (Å²) in [6, 6.07) is 0.